The summed E-state index contributed by atoms with van der Waals surface area (Å²) in [5, 5.41) is 11.7. The molecule has 0 aliphatic rings. The molecule has 0 aliphatic heterocycles. The van der Waals surface area contributed by atoms with Gasteiger partial charge in [-0.25, -0.2) is 14.1 Å². The van der Waals surface area contributed by atoms with Gasteiger partial charge in [0.15, 0.2) is 5.82 Å². The predicted molar refractivity (Wildman–Crippen MR) is 117 cm³/mol. The Kier molecular flexibility index (Phi) is 5.84. The van der Waals surface area contributed by atoms with E-state index in [0.29, 0.717) is 22.3 Å². The monoisotopic (exact) mass is 491 g/mol. The van der Waals surface area contributed by atoms with Gasteiger partial charge in [-0.1, -0.05) is 27.7 Å². The van der Waals surface area contributed by atoms with E-state index < -0.39 is 0 Å². The molecule has 29 heavy (non-hydrogen) atoms. The Labute approximate surface area is 183 Å². The van der Waals surface area contributed by atoms with Crippen molar-refractivity contribution in [3.63, 3.8) is 0 Å². The molecule has 0 spiro atoms. The fraction of sp³-hybridized carbons (Fsp3) is 0.105. The summed E-state index contributed by atoms with van der Waals surface area (Å²) >= 11 is 6.47. The molecule has 10 heteroatoms. The van der Waals surface area contributed by atoms with Crippen molar-refractivity contribution in [1.29, 1.82) is 0 Å². The molecule has 2 N–H and O–H groups in total. The molecule has 0 aliphatic carbocycles. The van der Waals surface area contributed by atoms with Crippen molar-refractivity contribution >= 4 is 39.0 Å². The summed E-state index contributed by atoms with van der Waals surface area (Å²) < 4.78 is 20.9. The fourth-order valence-electron chi connectivity index (χ4n) is 2.65. The highest BCUT2D eigenvalue weighted by molar-refractivity contribution is 9.10. The third-order valence-electron chi connectivity index (χ3n) is 4.06. The molecule has 4 rings (SSSR count). The number of nitrogens with zero attached hydrogens (tertiary/aromatic N) is 4. The number of thioether (sulfide) groups is 1. The van der Waals surface area contributed by atoms with E-state index in [4.69, 9.17) is 15.6 Å². The van der Waals surface area contributed by atoms with Crippen molar-refractivity contribution in [3.05, 3.63) is 63.8 Å². The average Bonchev–Trinajstić information content (AvgIpc) is 3.34. The van der Waals surface area contributed by atoms with E-state index in [2.05, 4.69) is 26.1 Å². The summed E-state index contributed by atoms with van der Waals surface area (Å²) in [7, 11) is 1.64. The highest BCUT2D eigenvalue weighted by Gasteiger charge is 2.15. The number of nitrogen functional groups attached to an aromatic ring is 1. The minimum Gasteiger partial charge on any atom is -0.496 e. The lowest BCUT2D eigenvalue weighted by atomic mass is 10.2. The molecule has 2 heterocycles. The summed E-state index contributed by atoms with van der Waals surface area (Å²) in [6.45, 7) is 0. The first kappa shape index (κ1) is 19.9. The second-order valence-electron chi connectivity index (χ2n) is 5.96. The molecule has 0 radical (unpaired) electrons. The molecule has 0 bridgehead atoms. The lowest BCUT2D eigenvalue weighted by molar-refractivity contribution is 0.416. The van der Waals surface area contributed by atoms with E-state index in [1.165, 1.54) is 28.6 Å². The molecule has 0 unspecified atom stereocenters. The summed E-state index contributed by atoms with van der Waals surface area (Å²) in [5.74, 6) is 7.65. The number of methoxy groups -OCH3 is 1. The fourth-order valence-corrected chi connectivity index (χ4v) is 4.71. The normalized spacial score (nSPS) is 11.0. The van der Waals surface area contributed by atoms with Gasteiger partial charge in [-0.05, 0) is 42.5 Å². The number of thiazole rings is 1. The van der Waals surface area contributed by atoms with Crippen molar-refractivity contribution in [2.24, 2.45) is 0 Å². The van der Waals surface area contributed by atoms with Gasteiger partial charge in [0.05, 0.1) is 18.4 Å². The summed E-state index contributed by atoms with van der Waals surface area (Å²) in [4.78, 5) is 4.71. The van der Waals surface area contributed by atoms with Crippen molar-refractivity contribution in [3.8, 4) is 27.7 Å². The summed E-state index contributed by atoms with van der Waals surface area (Å²) in [6, 6.07) is 11.8. The van der Waals surface area contributed by atoms with Gasteiger partial charge in [0, 0.05) is 21.2 Å². The van der Waals surface area contributed by atoms with E-state index in [9.17, 15) is 4.39 Å². The van der Waals surface area contributed by atoms with E-state index in [-0.39, 0.29) is 5.82 Å². The summed E-state index contributed by atoms with van der Waals surface area (Å²) in [5.41, 5.74) is 2.54. The number of hydrogen-bond donors (Lipinski definition) is 1. The van der Waals surface area contributed by atoms with Gasteiger partial charge in [-0.2, -0.15) is 0 Å². The number of ether oxygens (including phenoxy) is 1. The molecule has 0 saturated carbocycles. The molecule has 0 fully saturated rings. The molecule has 6 nitrogen and oxygen atoms in total. The van der Waals surface area contributed by atoms with Crippen molar-refractivity contribution in [2.75, 3.05) is 13.0 Å². The van der Waals surface area contributed by atoms with Gasteiger partial charge in [0.2, 0.25) is 5.16 Å². The number of aromatic nitrogens is 4. The maximum absolute atomic E-state index is 13.1. The van der Waals surface area contributed by atoms with Gasteiger partial charge in [0.1, 0.15) is 16.6 Å². The van der Waals surface area contributed by atoms with Crippen molar-refractivity contribution in [1.82, 2.24) is 19.9 Å². The molecule has 0 atom stereocenters. The maximum Gasteiger partial charge on any atom is 0.210 e. The zero-order valence-corrected chi connectivity index (χ0v) is 18.4. The highest BCUT2D eigenvalue weighted by Crippen LogP contribution is 2.35. The van der Waals surface area contributed by atoms with Crippen LogP contribution in [0.15, 0.2) is 57.5 Å². The second-order valence-corrected chi connectivity index (χ2v) is 8.68. The van der Waals surface area contributed by atoms with Crippen LogP contribution in [0.1, 0.15) is 5.69 Å². The quantitative estimate of drug-likeness (QED) is 0.302. The van der Waals surface area contributed by atoms with Gasteiger partial charge in [0.25, 0.3) is 0 Å². The second kappa shape index (κ2) is 8.52. The van der Waals surface area contributed by atoms with Gasteiger partial charge >= 0.3 is 0 Å². The molecular formula is C19H15BrFN5OS2. The minimum atomic E-state index is -0.312. The maximum atomic E-state index is 13.1. The Balaban J connectivity index is 1.50. The molecule has 2 aromatic carbocycles. The van der Waals surface area contributed by atoms with Crippen LogP contribution in [0, 0.1) is 5.82 Å². The lowest BCUT2D eigenvalue weighted by Gasteiger charge is -2.06. The van der Waals surface area contributed by atoms with E-state index in [0.717, 1.165) is 26.5 Å². The largest absolute Gasteiger partial charge is 0.496 e. The zero-order chi connectivity index (χ0) is 20.4. The van der Waals surface area contributed by atoms with Crippen LogP contribution in [0.2, 0.25) is 0 Å². The molecular weight excluding hydrogens is 477 g/mol. The Hall–Kier alpha value is -2.43. The molecule has 148 valence electrons. The average molecular weight is 492 g/mol. The van der Waals surface area contributed by atoms with Gasteiger partial charge < -0.3 is 10.6 Å². The van der Waals surface area contributed by atoms with Crippen LogP contribution in [0.3, 0.4) is 0 Å². The summed E-state index contributed by atoms with van der Waals surface area (Å²) in [6.07, 6.45) is 0. The van der Waals surface area contributed by atoms with E-state index in [1.807, 2.05) is 23.6 Å². The standard InChI is InChI=1S/C19H15BrFN5OS2/c1-27-16-7-4-12(20)8-15(16)18-23-14(9-28-18)10-29-19-25-24-17(26(19)22)11-2-5-13(21)6-3-11/h2-9H,10,22H2,1H3. The first-order valence-electron chi connectivity index (χ1n) is 8.42. The van der Waals surface area contributed by atoms with Crippen molar-refractivity contribution < 1.29 is 9.13 Å². The molecule has 2 aromatic heterocycles. The smallest absolute Gasteiger partial charge is 0.210 e. The molecule has 4 aromatic rings. The highest BCUT2D eigenvalue weighted by atomic mass is 79.9. The number of halogens is 2. The Morgan fingerprint density at radius 1 is 1.21 bits per heavy atom. The Bertz CT molecular complexity index is 1150. The Morgan fingerprint density at radius 2 is 2.00 bits per heavy atom. The number of hydrogen-bond acceptors (Lipinski definition) is 7. The minimum absolute atomic E-state index is 0.312. The van der Waals surface area contributed by atoms with Crippen molar-refractivity contribution in [2.45, 2.75) is 10.9 Å². The van der Waals surface area contributed by atoms with Crippen LogP contribution < -0.4 is 10.6 Å². The number of rotatable bonds is 6. The Morgan fingerprint density at radius 3 is 2.76 bits per heavy atom. The van der Waals surface area contributed by atoms with Gasteiger partial charge in [-0.15, -0.1) is 21.5 Å². The van der Waals surface area contributed by atoms with Crippen LogP contribution in [0.25, 0.3) is 22.0 Å². The number of benzene rings is 2. The SMILES string of the molecule is COc1ccc(Br)cc1-c1nc(CSc2nnc(-c3ccc(F)cc3)n2N)cs1. The first-order chi connectivity index (χ1) is 14.0. The van der Waals surface area contributed by atoms with E-state index >= 15 is 0 Å². The van der Waals surface area contributed by atoms with Crippen LogP contribution >= 0.6 is 39.0 Å². The van der Waals surface area contributed by atoms with Crippen LogP contribution in [-0.2, 0) is 5.75 Å². The molecule has 0 amide bonds. The topological polar surface area (TPSA) is 78.9 Å². The van der Waals surface area contributed by atoms with Crippen LogP contribution in [0.4, 0.5) is 4.39 Å². The number of nitrogens with two attached hydrogens (primary N) is 1. The third kappa shape index (κ3) is 4.29. The van der Waals surface area contributed by atoms with Crippen LogP contribution in [0.5, 0.6) is 5.75 Å². The van der Waals surface area contributed by atoms with E-state index in [1.54, 1.807) is 30.6 Å². The zero-order valence-electron chi connectivity index (χ0n) is 15.2. The lowest BCUT2D eigenvalue weighted by Crippen LogP contribution is -2.11. The van der Waals surface area contributed by atoms with Crippen LogP contribution in [-0.4, -0.2) is 27.0 Å². The third-order valence-corrected chi connectivity index (χ3v) is 6.45. The van der Waals surface area contributed by atoms with Gasteiger partial charge in [-0.3, -0.25) is 0 Å². The predicted octanol–water partition coefficient (Wildman–Crippen LogP) is 4.98. The first-order valence-corrected chi connectivity index (χ1v) is 11.1. The molecule has 0 saturated heterocycles.